The molecule has 1 aromatic rings. The Labute approximate surface area is 138 Å². The van der Waals surface area contributed by atoms with E-state index in [1.165, 1.54) is 19.2 Å². The maximum atomic E-state index is 12.2. The van der Waals surface area contributed by atoms with E-state index in [1.807, 2.05) is 0 Å². The molecule has 1 aliphatic rings. The highest BCUT2D eigenvalue weighted by molar-refractivity contribution is 5.97. The van der Waals surface area contributed by atoms with Gasteiger partial charge >= 0.3 is 11.9 Å². The van der Waals surface area contributed by atoms with Crippen molar-refractivity contribution in [3.8, 4) is 0 Å². The van der Waals surface area contributed by atoms with Crippen LogP contribution in [0.2, 0.25) is 0 Å². The van der Waals surface area contributed by atoms with E-state index in [9.17, 15) is 14.4 Å². The quantitative estimate of drug-likeness (QED) is 0.494. The van der Waals surface area contributed by atoms with Crippen molar-refractivity contribution in [2.75, 3.05) is 7.11 Å². The Morgan fingerprint density at radius 3 is 2.33 bits per heavy atom. The number of amides is 1. The zero-order chi connectivity index (χ0) is 17.9. The van der Waals surface area contributed by atoms with Gasteiger partial charge in [0.05, 0.1) is 25.3 Å². The number of benzene rings is 1. The smallest absolute Gasteiger partial charge is 0.377 e. The number of carboxylic acid groups (broad SMARTS) is 1. The molecule has 128 valence electrons. The molecule has 0 aliphatic carbocycles. The summed E-state index contributed by atoms with van der Waals surface area (Å²) in [7, 11) is 1.31. The van der Waals surface area contributed by atoms with E-state index >= 15 is 0 Å². The molecule has 1 N–H and O–H groups in total. The van der Waals surface area contributed by atoms with Crippen LogP contribution < -0.4 is 0 Å². The summed E-state index contributed by atoms with van der Waals surface area (Å²) in [6.45, 7) is 3.17. The molecule has 0 spiro atoms. The van der Waals surface area contributed by atoms with Crippen molar-refractivity contribution < 1.29 is 33.8 Å². The van der Waals surface area contributed by atoms with Gasteiger partial charge in [0.1, 0.15) is 0 Å². The van der Waals surface area contributed by atoms with Gasteiger partial charge in [-0.05, 0) is 17.7 Å². The third-order valence-corrected chi connectivity index (χ3v) is 3.14. The lowest BCUT2D eigenvalue weighted by molar-refractivity contribution is -0.173. The van der Waals surface area contributed by atoms with Gasteiger partial charge in [-0.2, -0.15) is 0 Å². The molecule has 24 heavy (non-hydrogen) atoms. The van der Waals surface area contributed by atoms with Gasteiger partial charge in [-0.3, -0.25) is 9.63 Å². The van der Waals surface area contributed by atoms with Gasteiger partial charge in [0.25, 0.3) is 5.91 Å². The van der Waals surface area contributed by atoms with E-state index < -0.39 is 23.6 Å². The Kier molecular flexibility index (Phi) is 4.89. The molecule has 1 fully saturated rings. The number of carbonyl (C=O) groups is 3. The molecule has 1 aliphatic heterocycles. The molecule has 0 saturated carbocycles. The van der Waals surface area contributed by atoms with Crippen LogP contribution in [0.15, 0.2) is 36.1 Å². The molecule has 1 aromatic carbocycles. The number of ether oxygens (including phenoxy) is 2. The van der Waals surface area contributed by atoms with Gasteiger partial charge in [-0.15, -0.1) is 0 Å². The molecule has 0 radical (unpaired) electrons. The largest absolute Gasteiger partial charge is 0.478 e. The fourth-order valence-corrected chi connectivity index (χ4v) is 2.02. The minimum atomic E-state index is -1.12. The molecule has 8 heteroatoms. The second-order valence-electron chi connectivity index (χ2n) is 5.46. The first kappa shape index (κ1) is 17.5. The summed E-state index contributed by atoms with van der Waals surface area (Å²) in [5.41, 5.74) is 0.796. The highest BCUT2D eigenvalue weighted by Gasteiger charge is 2.38. The molecule has 2 rings (SSSR count). The van der Waals surface area contributed by atoms with Gasteiger partial charge in [0.15, 0.2) is 0 Å². The Morgan fingerprint density at radius 1 is 1.25 bits per heavy atom. The number of hydrogen-bond acceptors (Lipinski definition) is 6. The standard InChI is InChI=1S/C16H17NO7/c1-16(2)23-12(15(21)24-16)8-13(18)17(22-3)9-10-4-6-11(7-5-10)14(19)20/h4-8H,9H2,1-3H3,(H,19,20)/b12-8-. The zero-order valence-electron chi connectivity index (χ0n) is 13.4. The second kappa shape index (κ2) is 6.71. The molecule has 0 atom stereocenters. The number of carboxylic acids is 1. The number of nitrogens with zero attached hydrogens (tertiary/aromatic N) is 1. The van der Waals surface area contributed by atoms with Crippen molar-refractivity contribution in [2.24, 2.45) is 0 Å². The molecule has 0 aromatic heterocycles. The fraction of sp³-hybridized carbons (Fsp3) is 0.312. The summed E-state index contributed by atoms with van der Waals surface area (Å²) < 4.78 is 10.2. The zero-order valence-corrected chi connectivity index (χ0v) is 13.4. The minimum absolute atomic E-state index is 0.0669. The first-order valence-electron chi connectivity index (χ1n) is 7.04. The molecule has 8 nitrogen and oxygen atoms in total. The predicted octanol–water partition coefficient (Wildman–Crippen LogP) is 1.47. The van der Waals surface area contributed by atoms with Crippen LogP contribution in [-0.2, 0) is 30.4 Å². The van der Waals surface area contributed by atoms with Crippen LogP contribution in [0.5, 0.6) is 0 Å². The van der Waals surface area contributed by atoms with E-state index in [-0.39, 0.29) is 17.9 Å². The second-order valence-corrected chi connectivity index (χ2v) is 5.46. The third kappa shape index (κ3) is 4.11. The number of esters is 1. The topological polar surface area (TPSA) is 102 Å². The van der Waals surface area contributed by atoms with Gasteiger partial charge in [-0.1, -0.05) is 12.1 Å². The lowest BCUT2D eigenvalue weighted by Gasteiger charge is -2.18. The molecule has 1 amide bonds. The van der Waals surface area contributed by atoms with Crippen LogP contribution in [0, 0.1) is 0 Å². The van der Waals surface area contributed by atoms with Crippen molar-refractivity contribution in [2.45, 2.75) is 26.2 Å². The fourth-order valence-electron chi connectivity index (χ4n) is 2.02. The number of cyclic esters (lactones) is 1. The van der Waals surface area contributed by atoms with Crippen LogP contribution in [0.4, 0.5) is 0 Å². The lowest BCUT2D eigenvalue weighted by Crippen LogP contribution is -2.28. The number of carbonyl (C=O) groups excluding carboxylic acids is 2. The van der Waals surface area contributed by atoms with Crippen molar-refractivity contribution in [3.05, 3.63) is 47.2 Å². The van der Waals surface area contributed by atoms with Crippen molar-refractivity contribution in [1.82, 2.24) is 5.06 Å². The Hall–Kier alpha value is -2.87. The van der Waals surface area contributed by atoms with Crippen LogP contribution in [0.3, 0.4) is 0 Å². The number of hydroxylamine groups is 2. The summed E-state index contributed by atoms with van der Waals surface area (Å²) in [5.74, 6) is -3.69. The Morgan fingerprint density at radius 2 is 1.88 bits per heavy atom. The lowest BCUT2D eigenvalue weighted by atomic mass is 10.1. The third-order valence-electron chi connectivity index (χ3n) is 3.14. The van der Waals surface area contributed by atoms with Gasteiger partial charge in [0, 0.05) is 13.8 Å². The first-order chi connectivity index (χ1) is 11.2. The van der Waals surface area contributed by atoms with Crippen molar-refractivity contribution >= 4 is 17.8 Å². The normalized spacial score (nSPS) is 17.3. The Bertz CT molecular complexity index is 691. The van der Waals surface area contributed by atoms with Crippen LogP contribution in [0.1, 0.15) is 29.8 Å². The van der Waals surface area contributed by atoms with Crippen molar-refractivity contribution in [1.29, 1.82) is 0 Å². The predicted molar refractivity (Wildman–Crippen MR) is 80.3 cm³/mol. The molecule has 0 unspecified atom stereocenters. The highest BCUT2D eigenvalue weighted by Crippen LogP contribution is 2.26. The number of aromatic carboxylic acids is 1. The molecule has 1 saturated heterocycles. The Balaban J connectivity index is 2.09. The molecular weight excluding hydrogens is 318 g/mol. The minimum Gasteiger partial charge on any atom is -0.478 e. The summed E-state index contributed by atoms with van der Waals surface area (Å²) in [6, 6.07) is 5.99. The maximum absolute atomic E-state index is 12.2. The van der Waals surface area contributed by atoms with Crippen molar-refractivity contribution in [3.63, 3.8) is 0 Å². The average Bonchev–Trinajstić information content (AvgIpc) is 2.77. The van der Waals surface area contributed by atoms with Crippen LogP contribution >= 0.6 is 0 Å². The van der Waals surface area contributed by atoms with E-state index in [2.05, 4.69) is 0 Å². The summed E-state index contributed by atoms with van der Waals surface area (Å²) in [4.78, 5) is 39.6. The summed E-state index contributed by atoms with van der Waals surface area (Å²) in [5, 5.41) is 9.87. The monoisotopic (exact) mass is 335 g/mol. The SMILES string of the molecule is CON(Cc1ccc(C(=O)O)cc1)C(=O)/C=C1\OC(C)(C)OC1=O. The average molecular weight is 335 g/mol. The summed E-state index contributed by atoms with van der Waals surface area (Å²) >= 11 is 0. The number of hydrogen-bond donors (Lipinski definition) is 1. The molecule has 0 bridgehead atoms. The van der Waals surface area contributed by atoms with Gasteiger partial charge in [-0.25, -0.2) is 14.7 Å². The first-order valence-corrected chi connectivity index (χ1v) is 7.04. The summed E-state index contributed by atoms with van der Waals surface area (Å²) in [6.07, 6.45) is 0.992. The molecular formula is C16H17NO7. The maximum Gasteiger partial charge on any atom is 0.377 e. The van der Waals surface area contributed by atoms with Crippen LogP contribution in [0.25, 0.3) is 0 Å². The highest BCUT2D eigenvalue weighted by atomic mass is 16.8. The van der Waals surface area contributed by atoms with Gasteiger partial charge in [0.2, 0.25) is 11.5 Å². The van der Waals surface area contributed by atoms with E-state index in [1.54, 1.807) is 26.0 Å². The van der Waals surface area contributed by atoms with E-state index in [0.29, 0.717) is 5.56 Å². The van der Waals surface area contributed by atoms with Gasteiger partial charge < -0.3 is 14.6 Å². The number of rotatable bonds is 5. The molecule has 1 heterocycles. The van der Waals surface area contributed by atoms with E-state index in [4.69, 9.17) is 19.4 Å². The van der Waals surface area contributed by atoms with E-state index in [0.717, 1.165) is 11.1 Å². The van der Waals surface area contributed by atoms with Crippen LogP contribution in [-0.4, -0.2) is 40.9 Å².